The lowest BCUT2D eigenvalue weighted by Gasteiger charge is -2.27. The van der Waals surface area contributed by atoms with Gasteiger partial charge in [0.15, 0.2) is 0 Å². The zero-order valence-corrected chi connectivity index (χ0v) is 26.2. The van der Waals surface area contributed by atoms with Gasteiger partial charge in [0.2, 0.25) is 0 Å². The molecule has 226 valence electrons. The molecule has 0 radical (unpaired) electrons. The highest BCUT2D eigenvalue weighted by Gasteiger charge is 2.24. The minimum Gasteiger partial charge on any atom is -0.492 e. The standard InChI is InChI=1S/C33H40ClN3O4.ClH/c1-4-37(5-2)19-8-20-40-31-21-24(11-17-29(31)34)32-28(27-10-7-6-9-23(27)3)16-18-30(36-32)33(39)35-25-12-14-26(15-13-25)41-22-38;/h6-7,9-11,16-18,21-22,25-26H,4-5,8,12-15,19-20H2,1-3H3,(H,35,39);1H. The third-order valence-electron chi connectivity index (χ3n) is 7.80. The molecule has 1 N–H and O–H groups in total. The fourth-order valence-electron chi connectivity index (χ4n) is 5.35. The number of nitrogens with one attached hydrogen (secondary N) is 1. The topological polar surface area (TPSA) is 80.8 Å². The normalized spacial score (nSPS) is 16.4. The van der Waals surface area contributed by atoms with E-state index < -0.39 is 0 Å². The molecule has 7 nitrogen and oxygen atoms in total. The number of ether oxygens (including phenoxy) is 2. The van der Waals surface area contributed by atoms with Crippen molar-refractivity contribution in [2.24, 2.45) is 0 Å². The lowest BCUT2D eigenvalue weighted by Crippen LogP contribution is -2.39. The second kappa shape index (κ2) is 16.5. The Kier molecular flexibility index (Phi) is 13.1. The third-order valence-corrected chi connectivity index (χ3v) is 8.11. The summed E-state index contributed by atoms with van der Waals surface area (Å²) in [5.41, 5.74) is 4.96. The molecule has 3 aromatic rings. The van der Waals surface area contributed by atoms with E-state index in [1.807, 2.05) is 36.4 Å². The highest BCUT2D eigenvalue weighted by Crippen LogP contribution is 2.36. The number of hydrogen-bond acceptors (Lipinski definition) is 6. The van der Waals surface area contributed by atoms with E-state index in [1.165, 1.54) is 0 Å². The van der Waals surface area contributed by atoms with Crippen LogP contribution in [0.4, 0.5) is 0 Å². The Morgan fingerprint density at radius 1 is 1.05 bits per heavy atom. The van der Waals surface area contributed by atoms with Gasteiger partial charge >= 0.3 is 0 Å². The number of amides is 1. The molecule has 4 rings (SSSR count). The molecular weight excluding hydrogens is 573 g/mol. The molecule has 0 bridgehead atoms. The number of halogens is 2. The van der Waals surface area contributed by atoms with Crippen molar-refractivity contribution in [3.63, 3.8) is 0 Å². The predicted octanol–water partition coefficient (Wildman–Crippen LogP) is 7.12. The number of hydrogen-bond donors (Lipinski definition) is 1. The van der Waals surface area contributed by atoms with E-state index >= 15 is 0 Å². The van der Waals surface area contributed by atoms with Crippen molar-refractivity contribution in [2.75, 3.05) is 26.2 Å². The average molecular weight is 615 g/mol. The molecular formula is C33H41Cl2N3O4. The molecule has 1 aromatic heterocycles. The van der Waals surface area contributed by atoms with Gasteiger partial charge in [-0.1, -0.05) is 55.8 Å². The summed E-state index contributed by atoms with van der Waals surface area (Å²) < 4.78 is 11.2. The predicted molar refractivity (Wildman–Crippen MR) is 171 cm³/mol. The molecule has 9 heteroatoms. The van der Waals surface area contributed by atoms with E-state index in [0.717, 1.165) is 74.0 Å². The summed E-state index contributed by atoms with van der Waals surface area (Å²) in [4.78, 5) is 31.2. The SMILES string of the molecule is CCN(CC)CCCOc1cc(-c2nc(C(=O)NC3CCC(OC=O)CC3)ccc2-c2ccccc2C)ccc1Cl.Cl. The number of carbonyl (C=O) groups is 2. The van der Waals surface area contributed by atoms with Crippen molar-refractivity contribution in [1.82, 2.24) is 15.2 Å². The van der Waals surface area contributed by atoms with Crippen LogP contribution in [0.1, 0.15) is 62.0 Å². The maximum absolute atomic E-state index is 13.3. The summed E-state index contributed by atoms with van der Waals surface area (Å²) >= 11 is 6.53. The first-order valence-electron chi connectivity index (χ1n) is 14.6. The van der Waals surface area contributed by atoms with Gasteiger partial charge in [0.05, 0.1) is 17.3 Å². The first-order chi connectivity index (χ1) is 19.9. The lowest BCUT2D eigenvalue weighted by molar-refractivity contribution is -0.135. The summed E-state index contributed by atoms with van der Waals surface area (Å²) in [6.45, 7) is 10.4. The Morgan fingerprint density at radius 3 is 2.48 bits per heavy atom. The van der Waals surface area contributed by atoms with Crippen LogP contribution >= 0.6 is 24.0 Å². The fourth-order valence-corrected chi connectivity index (χ4v) is 5.52. The highest BCUT2D eigenvalue weighted by molar-refractivity contribution is 6.32. The van der Waals surface area contributed by atoms with Gasteiger partial charge in [-0.05, 0) is 87.5 Å². The number of carbonyl (C=O) groups excluding carboxylic acids is 2. The van der Waals surface area contributed by atoms with Crippen LogP contribution in [0.5, 0.6) is 5.75 Å². The minimum absolute atomic E-state index is 0. The molecule has 42 heavy (non-hydrogen) atoms. The fraction of sp³-hybridized carbons (Fsp3) is 0.424. The van der Waals surface area contributed by atoms with Crippen molar-refractivity contribution in [3.05, 3.63) is 70.9 Å². The van der Waals surface area contributed by atoms with Gasteiger partial charge in [-0.25, -0.2) is 4.98 Å². The molecule has 2 aromatic carbocycles. The van der Waals surface area contributed by atoms with Gasteiger partial charge in [0, 0.05) is 23.7 Å². The highest BCUT2D eigenvalue weighted by atomic mass is 35.5. The quantitative estimate of drug-likeness (QED) is 0.163. The summed E-state index contributed by atoms with van der Waals surface area (Å²) in [6.07, 6.45) is 3.80. The summed E-state index contributed by atoms with van der Waals surface area (Å²) in [5, 5.41) is 3.66. The Hall–Kier alpha value is -3.13. The number of aryl methyl sites for hydroxylation is 1. The second-order valence-electron chi connectivity index (χ2n) is 10.5. The number of aromatic nitrogens is 1. The lowest BCUT2D eigenvalue weighted by atomic mass is 9.92. The molecule has 1 aliphatic rings. The summed E-state index contributed by atoms with van der Waals surface area (Å²) in [5.74, 6) is 0.384. The molecule has 0 spiro atoms. The van der Waals surface area contributed by atoms with Crippen LogP contribution < -0.4 is 10.1 Å². The van der Waals surface area contributed by atoms with Crippen LogP contribution in [0.2, 0.25) is 5.02 Å². The molecule has 0 unspecified atom stereocenters. The number of nitrogens with zero attached hydrogens (tertiary/aromatic N) is 2. The smallest absolute Gasteiger partial charge is 0.293 e. The van der Waals surface area contributed by atoms with Crippen molar-refractivity contribution in [1.29, 1.82) is 0 Å². The third kappa shape index (κ3) is 8.69. The number of rotatable bonds is 13. The van der Waals surface area contributed by atoms with E-state index in [2.05, 4.69) is 43.1 Å². The van der Waals surface area contributed by atoms with Crippen molar-refractivity contribution < 1.29 is 19.1 Å². The molecule has 1 saturated carbocycles. The van der Waals surface area contributed by atoms with E-state index in [-0.39, 0.29) is 30.5 Å². The van der Waals surface area contributed by atoms with Crippen molar-refractivity contribution >= 4 is 36.4 Å². The largest absolute Gasteiger partial charge is 0.492 e. The van der Waals surface area contributed by atoms with Crippen molar-refractivity contribution in [3.8, 4) is 28.1 Å². The molecule has 0 atom stereocenters. The van der Waals surface area contributed by atoms with Crippen molar-refractivity contribution in [2.45, 2.75) is 65.0 Å². The molecule has 1 aliphatic carbocycles. The van der Waals surface area contributed by atoms with E-state index in [1.54, 1.807) is 6.07 Å². The maximum Gasteiger partial charge on any atom is 0.293 e. The molecule has 1 fully saturated rings. The molecule has 1 heterocycles. The van der Waals surface area contributed by atoms with Gasteiger partial charge in [-0.3, -0.25) is 9.59 Å². The average Bonchev–Trinajstić information content (AvgIpc) is 2.99. The van der Waals surface area contributed by atoms with Gasteiger partial charge in [-0.15, -0.1) is 12.4 Å². The first-order valence-corrected chi connectivity index (χ1v) is 14.9. The van der Waals surface area contributed by atoms with E-state index in [4.69, 9.17) is 26.1 Å². The van der Waals surface area contributed by atoms with Gasteiger partial charge < -0.3 is 19.7 Å². The van der Waals surface area contributed by atoms with E-state index in [9.17, 15) is 9.59 Å². The first kappa shape index (κ1) is 33.4. The second-order valence-corrected chi connectivity index (χ2v) is 10.9. The summed E-state index contributed by atoms with van der Waals surface area (Å²) in [6, 6.07) is 17.6. The Balaban J connectivity index is 0.00000484. The Bertz CT molecular complexity index is 1320. The number of benzene rings is 2. The van der Waals surface area contributed by atoms with Gasteiger partial charge in [0.1, 0.15) is 17.5 Å². The Morgan fingerprint density at radius 2 is 1.79 bits per heavy atom. The van der Waals surface area contributed by atoms with Crippen LogP contribution in [-0.2, 0) is 9.53 Å². The van der Waals surface area contributed by atoms with Crippen LogP contribution in [0.3, 0.4) is 0 Å². The zero-order chi connectivity index (χ0) is 29.2. The molecule has 0 saturated heterocycles. The Labute approximate surface area is 260 Å². The molecule has 0 aliphatic heterocycles. The van der Waals surface area contributed by atoms with Gasteiger partial charge in [-0.2, -0.15) is 0 Å². The van der Waals surface area contributed by atoms with Crippen LogP contribution in [0.15, 0.2) is 54.6 Å². The van der Waals surface area contributed by atoms with Gasteiger partial charge in [0.25, 0.3) is 12.4 Å². The van der Waals surface area contributed by atoms with Crippen LogP contribution in [0, 0.1) is 6.92 Å². The monoisotopic (exact) mass is 613 g/mol. The number of pyridine rings is 1. The van der Waals surface area contributed by atoms with Crippen LogP contribution in [-0.4, -0.2) is 60.7 Å². The zero-order valence-electron chi connectivity index (χ0n) is 24.6. The maximum atomic E-state index is 13.3. The molecule has 1 amide bonds. The summed E-state index contributed by atoms with van der Waals surface area (Å²) in [7, 11) is 0. The van der Waals surface area contributed by atoms with Crippen LogP contribution in [0.25, 0.3) is 22.4 Å². The minimum atomic E-state index is -0.218. The van der Waals surface area contributed by atoms with E-state index in [0.29, 0.717) is 35.2 Å².